The second-order valence-corrected chi connectivity index (χ2v) is 10.5. The summed E-state index contributed by atoms with van der Waals surface area (Å²) in [6, 6.07) is 8.43. The van der Waals surface area contributed by atoms with Crippen LogP contribution >= 0.6 is 0 Å². The number of rotatable bonds is 7. The number of hydrogen-bond donors (Lipinski definition) is 1. The lowest BCUT2D eigenvalue weighted by Gasteiger charge is -2.34. The molecule has 3 aromatic heterocycles. The molecule has 43 heavy (non-hydrogen) atoms. The first kappa shape index (κ1) is 28.4. The number of nitrogens with zero attached hydrogens (tertiary/aromatic N) is 6. The molecule has 0 spiro atoms. The minimum atomic E-state index is -0.842. The maximum absolute atomic E-state index is 14.8. The second kappa shape index (κ2) is 11.5. The molecule has 0 saturated carbocycles. The summed E-state index contributed by atoms with van der Waals surface area (Å²) in [4.78, 5) is 32.1. The number of benzene rings is 2. The summed E-state index contributed by atoms with van der Waals surface area (Å²) >= 11 is 0. The third kappa shape index (κ3) is 5.22. The van der Waals surface area contributed by atoms with Crippen molar-refractivity contribution < 1.29 is 22.4 Å². The Hall–Kier alpha value is -4.71. The van der Waals surface area contributed by atoms with Crippen molar-refractivity contribution in [2.24, 2.45) is 7.05 Å². The van der Waals surface area contributed by atoms with Gasteiger partial charge in [0.15, 0.2) is 23.2 Å². The van der Waals surface area contributed by atoms with E-state index in [1.807, 2.05) is 11.9 Å². The van der Waals surface area contributed by atoms with Crippen molar-refractivity contribution in [1.29, 1.82) is 0 Å². The van der Waals surface area contributed by atoms with Crippen molar-refractivity contribution in [3.8, 4) is 22.8 Å². The summed E-state index contributed by atoms with van der Waals surface area (Å²) in [5.41, 5.74) is 1.63. The molecule has 0 unspecified atom stereocenters. The number of Topliss-reactive ketones (excluding diaryl/α,β-unsaturated/α-hetero) is 1. The highest BCUT2D eigenvalue weighted by atomic mass is 19.1. The zero-order valence-electron chi connectivity index (χ0n) is 23.4. The Morgan fingerprint density at radius 1 is 1.00 bits per heavy atom. The van der Waals surface area contributed by atoms with Crippen molar-refractivity contribution in [2.75, 3.05) is 25.0 Å². The van der Waals surface area contributed by atoms with Crippen LogP contribution in [-0.4, -0.2) is 56.5 Å². The van der Waals surface area contributed by atoms with E-state index >= 15 is 0 Å². The molecule has 2 aromatic carbocycles. The van der Waals surface area contributed by atoms with Crippen LogP contribution in [0.3, 0.4) is 0 Å². The fourth-order valence-electron chi connectivity index (χ4n) is 5.63. The van der Waals surface area contributed by atoms with Crippen molar-refractivity contribution in [2.45, 2.75) is 25.3 Å². The fraction of sp³-hybridized carbons (Fsp3) is 0.258. The molecule has 0 aliphatic carbocycles. The molecule has 5 aromatic rings. The average molecular weight is 590 g/mol. The molecule has 12 heteroatoms. The molecule has 0 radical (unpaired) electrons. The maximum Gasteiger partial charge on any atom is 0.185 e. The van der Waals surface area contributed by atoms with Crippen molar-refractivity contribution in [3.05, 3.63) is 89.5 Å². The Morgan fingerprint density at radius 2 is 1.74 bits per heavy atom. The van der Waals surface area contributed by atoms with Gasteiger partial charge < -0.3 is 14.8 Å². The normalized spacial score (nSPS) is 15.2. The second-order valence-electron chi connectivity index (χ2n) is 10.5. The first-order valence-corrected chi connectivity index (χ1v) is 13.8. The number of hydrogen-bond acceptors (Lipinski definition) is 7. The standard InChI is InChI=1S/C31H27F4N7O/c1-41(18-5-4-11-36-14-18)29-17(8-9-24-28(29)40-31(42(24)2)27-21(34)15-37-16-22(27)35)13-25(43)23-10-12-38-30(39-23)26-19(32)6-3-7-20(26)33/h3,6-10,12,15-16,18,36H,4-5,11,13-14H2,1-2H3/t18-/m1/s1. The molecule has 1 saturated heterocycles. The SMILES string of the molecule is CN(c1c(CC(=O)c2ccnc(-c3c(F)cccc3F)n2)ccc2c1nc(-c1c(F)cncc1F)n2C)[C@@H]1CCCNC1. The van der Waals surface area contributed by atoms with Gasteiger partial charge in [0.2, 0.25) is 0 Å². The van der Waals surface area contributed by atoms with Gasteiger partial charge in [0.25, 0.3) is 0 Å². The minimum Gasteiger partial charge on any atom is -0.368 e. The van der Waals surface area contributed by atoms with Gasteiger partial charge in [-0.05, 0) is 49.2 Å². The average Bonchev–Trinajstić information content (AvgIpc) is 3.32. The number of fused-ring (bicyclic) bond motifs is 1. The summed E-state index contributed by atoms with van der Waals surface area (Å²) in [5.74, 6) is -3.92. The summed E-state index contributed by atoms with van der Waals surface area (Å²) < 4.78 is 60.0. The van der Waals surface area contributed by atoms with Crippen LogP contribution in [0.1, 0.15) is 28.9 Å². The van der Waals surface area contributed by atoms with E-state index in [4.69, 9.17) is 4.98 Å². The Morgan fingerprint density at radius 3 is 2.44 bits per heavy atom. The first-order valence-electron chi connectivity index (χ1n) is 13.8. The third-order valence-electron chi connectivity index (χ3n) is 7.84. The van der Waals surface area contributed by atoms with E-state index in [-0.39, 0.29) is 35.4 Å². The predicted molar refractivity (Wildman–Crippen MR) is 154 cm³/mol. The number of ketones is 1. The summed E-state index contributed by atoms with van der Waals surface area (Å²) in [6.45, 7) is 1.60. The first-order chi connectivity index (χ1) is 20.7. The van der Waals surface area contributed by atoms with Crippen LogP contribution in [0.4, 0.5) is 23.2 Å². The lowest BCUT2D eigenvalue weighted by atomic mass is 9.99. The van der Waals surface area contributed by atoms with Crippen LogP contribution in [0.15, 0.2) is 55.0 Å². The highest BCUT2D eigenvalue weighted by Gasteiger charge is 2.27. The molecule has 1 aliphatic rings. The van der Waals surface area contributed by atoms with Crippen LogP contribution in [0, 0.1) is 23.3 Å². The topological polar surface area (TPSA) is 88.8 Å². The van der Waals surface area contributed by atoms with Crippen LogP contribution < -0.4 is 10.2 Å². The number of halogens is 4. The van der Waals surface area contributed by atoms with E-state index in [1.54, 1.807) is 23.7 Å². The Balaban J connectivity index is 1.45. The van der Waals surface area contributed by atoms with Gasteiger partial charge in [-0.2, -0.15) is 0 Å². The predicted octanol–water partition coefficient (Wildman–Crippen LogP) is 5.26. The molecule has 8 nitrogen and oxygen atoms in total. The van der Waals surface area contributed by atoms with Crippen molar-refractivity contribution >= 4 is 22.5 Å². The fourth-order valence-corrected chi connectivity index (χ4v) is 5.63. The molecule has 1 fully saturated rings. The van der Waals surface area contributed by atoms with E-state index in [9.17, 15) is 22.4 Å². The van der Waals surface area contributed by atoms with E-state index in [1.165, 1.54) is 18.3 Å². The third-order valence-corrected chi connectivity index (χ3v) is 7.84. The Labute approximate surface area is 244 Å². The monoisotopic (exact) mass is 589 g/mol. The van der Waals surface area contributed by atoms with E-state index < -0.39 is 34.6 Å². The Kier molecular flexibility index (Phi) is 7.61. The number of pyridine rings is 1. The maximum atomic E-state index is 14.8. The van der Waals surface area contributed by atoms with Gasteiger partial charge in [-0.15, -0.1) is 0 Å². The smallest absolute Gasteiger partial charge is 0.185 e. The van der Waals surface area contributed by atoms with Gasteiger partial charge in [0.05, 0.1) is 34.7 Å². The number of aromatic nitrogens is 5. The molecule has 1 aliphatic heterocycles. The highest BCUT2D eigenvalue weighted by Crippen LogP contribution is 2.36. The van der Waals surface area contributed by atoms with E-state index in [0.29, 0.717) is 28.8 Å². The summed E-state index contributed by atoms with van der Waals surface area (Å²) in [6.07, 6.45) is 4.89. The number of carbonyl (C=O) groups excluding carboxylic acids is 1. The molecule has 4 heterocycles. The lowest BCUT2D eigenvalue weighted by molar-refractivity contribution is 0.0988. The molecule has 6 rings (SSSR count). The summed E-state index contributed by atoms with van der Waals surface area (Å²) in [7, 11) is 3.58. The molecule has 1 N–H and O–H groups in total. The van der Waals surface area contributed by atoms with Crippen LogP contribution in [-0.2, 0) is 13.5 Å². The molecule has 1 atom stereocenters. The zero-order valence-corrected chi connectivity index (χ0v) is 23.4. The number of anilines is 1. The van der Waals surface area contributed by atoms with Gasteiger partial charge in [0.1, 0.15) is 28.7 Å². The van der Waals surface area contributed by atoms with E-state index in [2.05, 4.69) is 20.3 Å². The Bertz CT molecular complexity index is 1810. The van der Waals surface area contributed by atoms with Crippen LogP contribution in [0.2, 0.25) is 0 Å². The number of aryl methyl sites for hydroxylation is 1. The number of carbonyl (C=O) groups is 1. The van der Waals surface area contributed by atoms with E-state index in [0.717, 1.165) is 43.9 Å². The lowest BCUT2D eigenvalue weighted by Crippen LogP contribution is -2.44. The van der Waals surface area contributed by atoms with Gasteiger partial charge in [0, 0.05) is 39.3 Å². The zero-order chi connectivity index (χ0) is 30.2. The highest BCUT2D eigenvalue weighted by molar-refractivity contribution is 6.00. The van der Waals surface area contributed by atoms with Crippen LogP contribution in [0.5, 0.6) is 0 Å². The number of imidazole rings is 1. The molecule has 220 valence electrons. The van der Waals surface area contributed by atoms with Gasteiger partial charge >= 0.3 is 0 Å². The summed E-state index contributed by atoms with van der Waals surface area (Å²) in [5, 5.41) is 3.39. The van der Waals surface area contributed by atoms with Crippen molar-refractivity contribution in [1.82, 2.24) is 29.8 Å². The molecule has 0 amide bonds. The molecular weight excluding hydrogens is 562 g/mol. The quantitative estimate of drug-likeness (QED) is 0.205. The van der Waals surface area contributed by atoms with Crippen molar-refractivity contribution in [3.63, 3.8) is 0 Å². The van der Waals surface area contributed by atoms with Crippen LogP contribution in [0.25, 0.3) is 33.8 Å². The molecule has 0 bridgehead atoms. The van der Waals surface area contributed by atoms with Gasteiger partial charge in [-0.25, -0.2) is 32.5 Å². The number of nitrogens with one attached hydrogen (secondary N) is 1. The largest absolute Gasteiger partial charge is 0.368 e. The van der Waals surface area contributed by atoms with Gasteiger partial charge in [-0.1, -0.05) is 12.1 Å². The molecular formula is C31H27F4N7O. The minimum absolute atomic E-state index is 0.0108. The van der Waals surface area contributed by atoms with Gasteiger partial charge in [-0.3, -0.25) is 9.78 Å². The number of likely N-dealkylation sites (N-methyl/N-ethyl adjacent to an activating group) is 1. The number of piperidine rings is 1.